The van der Waals surface area contributed by atoms with Crippen molar-refractivity contribution in [1.82, 2.24) is 19.5 Å². The maximum absolute atomic E-state index is 13.8. The fraction of sp³-hybridized carbons (Fsp3) is 0.444. The number of benzene rings is 2. The van der Waals surface area contributed by atoms with Gasteiger partial charge in [-0.3, -0.25) is 14.5 Å². The van der Waals surface area contributed by atoms with Crippen LogP contribution in [0.2, 0.25) is 0 Å². The van der Waals surface area contributed by atoms with Crippen LogP contribution in [0.15, 0.2) is 47.4 Å². The highest BCUT2D eigenvalue weighted by Gasteiger charge is 2.35. The Balaban J connectivity index is 1.42. The van der Waals surface area contributed by atoms with Crippen molar-refractivity contribution in [3.8, 4) is 0 Å². The summed E-state index contributed by atoms with van der Waals surface area (Å²) < 4.78 is 31.3. The predicted molar refractivity (Wildman–Crippen MR) is 151 cm³/mol. The molecular formula is C27H33N5O5S2. The minimum Gasteiger partial charge on any atom is -0.480 e. The maximum atomic E-state index is 13.8. The molecule has 1 atom stereocenters. The number of carboxylic acids is 1. The maximum Gasteiger partial charge on any atom is 0.317 e. The minimum atomic E-state index is -4.07. The zero-order chi connectivity index (χ0) is 27.8. The van der Waals surface area contributed by atoms with Gasteiger partial charge in [0.05, 0.1) is 27.5 Å². The van der Waals surface area contributed by atoms with Gasteiger partial charge in [-0.2, -0.15) is 4.72 Å². The van der Waals surface area contributed by atoms with Crippen LogP contribution in [0.25, 0.3) is 10.2 Å². The molecule has 2 aliphatic rings. The molecule has 39 heavy (non-hydrogen) atoms. The number of aromatic nitrogens is 1. The Morgan fingerprint density at radius 2 is 1.87 bits per heavy atom. The molecule has 0 saturated carbocycles. The van der Waals surface area contributed by atoms with Crippen molar-refractivity contribution in [2.45, 2.75) is 37.6 Å². The Kier molecular flexibility index (Phi) is 7.64. The van der Waals surface area contributed by atoms with Gasteiger partial charge in [-0.15, -0.1) is 11.3 Å². The minimum absolute atomic E-state index is 0.00303. The lowest BCUT2D eigenvalue weighted by atomic mass is 9.82. The van der Waals surface area contributed by atoms with Crippen molar-refractivity contribution in [2.75, 3.05) is 44.6 Å². The number of hydrogen-bond acceptors (Lipinski definition) is 8. The fourth-order valence-corrected chi connectivity index (χ4v) is 7.63. The van der Waals surface area contributed by atoms with E-state index in [1.165, 1.54) is 11.3 Å². The molecule has 0 aliphatic carbocycles. The first-order valence-corrected chi connectivity index (χ1v) is 15.3. The molecule has 0 spiro atoms. The number of thiazole rings is 1. The van der Waals surface area contributed by atoms with E-state index in [2.05, 4.69) is 28.9 Å². The van der Waals surface area contributed by atoms with E-state index >= 15 is 0 Å². The monoisotopic (exact) mass is 571 g/mol. The van der Waals surface area contributed by atoms with Crippen LogP contribution in [0.4, 0.5) is 5.69 Å². The van der Waals surface area contributed by atoms with E-state index in [9.17, 15) is 18.0 Å². The number of nitrogens with one attached hydrogen (secondary N) is 2. The van der Waals surface area contributed by atoms with E-state index in [1.807, 2.05) is 30.3 Å². The number of fused-ring (bicyclic) bond motifs is 2. The molecule has 3 aromatic rings. The number of amides is 1. The van der Waals surface area contributed by atoms with E-state index in [0.717, 1.165) is 22.2 Å². The van der Waals surface area contributed by atoms with Gasteiger partial charge in [-0.1, -0.05) is 38.1 Å². The summed E-state index contributed by atoms with van der Waals surface area (Å²) in [7, 11) is -4.07. The molecule has 208 valence electrons. The van der Waals surface area contributed by atoms with Crippen molar-refractivity contribution in [3.05, 3.63) is 53.0 Å². The summed E-state index contributed by atoms with van der Waals surface area (Å²) in [6, 6.07) is 11.8. The molecule has 1 unspecified atom stereocenters. The number of rotatable bonds is 8. The lowest BCUT2D eigenvalue weighted by molar-refractivity contribution is -0.139. The number of aliphatic carboxylic acids is 1. The third-order valence-electron chi connectivity index (χ3n) is 7.17. The zero-order valence-corrected chi connectivity index (χ0v) is 23.6. The average Bonchev–Trinajstić information content (AvgIpc) is 3.29. The van der Waals surface area contributed by atoms with Crippen LogP contribution >= 0.6 is 11.3 Å². The average molecular weight is 572 g/mol. The highest BCUT2D eigenvalue weighted by molar-refractivity contribution is 7.89. The molecular weight excluding hydrogens is 538 g/mol. The van der Waals surface area contributed by atoms with Crippen LogP contribution in [-0.2, 0) is 32.5 Å². The van der Waals surface area contributed by atoms with Crippen LogP contribution in [0, 0.1) is 5.41 Å². The third kappa shape index (κ3) is 6.24. The van der Waals surface area contributed by atoms with Gasteiger partial charge >= 0.3 is 5.97 Å². The summed E-state index contributed by atoms with van der Waals surface area (Å²) in [5.74, 6) is -1.26. The number of piperazine rings is 1. The quantitative estimate of drug-likeness (QED) is 0.376. The summed E-state index contributed by atoms with van der Waals surface area (Å²) >= 11 is 1.44. The summed E-state index contributed by atoms with van der Waals surface area (Å²) in [5.41, 5.74) is 2.31. The summed E-state index contributed by atoms with van der Waals surface area (Å²) in [6.07, 6.45) is 0.857. The Morgan fingerprint density at radius 1 is 1.13 bits per heavy atom. The second-order valence-electron chi connectivity index (χ2n) is 10.9. The SMILES string of the molecule is CC1(C)CNc2c(cccc2S(=O)(=O)NC(Cc2nc3ccccc3s2)C(=O)N2CCN(CC(=O)O)CC2)C1. The molecule has 1 saturated heterocycles. The van der Waals surface area contributed by atoms with Gasteiger partial charge in [0, 0.05) is 39.1 Å². The van der Waals surface area contributed by atoms with Gasteiger partial charge in [0.25, 0.3) is 0 Å². The van der Waals surface area contributed by atoms with Crippen LogP contribution in [0.3, 0.4) is 0 Å². The molecule has 1 aromatic heterocycles. The molecule has 0 bridgehead atoms. The summed E-state index contributed by atoms with van der Waals surface area (Å²) in [6.45, 7) is 6.27. The van der Waals surface area contributed by atoms with Crippen molar-refractivity contribution in [1.29, 1.82) is 0 Å². The smallest absolute Gasteiger partial charge is 0.317 e. The van der Waals surface area contributed by atoms with Gasteiger partial charge in [0.1, 0.15) is 10.9 Å². The van der Waals surface area contributed by atoms with Crippen LogP contribution in [0.1, 0.15) is 24.4 Å². The number of carbonyl (C=O) groups is 2. The van der Waals surface area contributed by atoms with E-state index in [1.54, 1.807) is 21.9 Å². The number of para-hydroxylation sites is 2. The number of carboxylic acid groups (broad SMARTS) is 1. The standard InChI is InChI=1S/C27H33N5O5S2/c1-27(2)15-18-6-5-9-22(25(18)28-17-27)39(36,37)30-20(14-23-29-19-7-3-4-8-21(19)38-23)26(35)32-12-10-31(11-13-32)16-24(33)34/h3-9,20,28,30H,10-17H2,1-2H3,(H,33,34). The second-order valence-corrected chi connectivity index (χ2v) is 13.7. The number of sulfonamides is 1. The van der Waals surface area contributed by atoms with Gasteiger partial charge < -0.3 is 15.3 Å². The number of hydrogen-bond donors (Lipinski definition) is 3. The molecule has 10 nitrogen and oxygen atoms in total. The summed E-state index contributed by atoms with van der Waals surface area (Å²) in [5, 5.41) is 13.1. The third-order valence-corrected chi connectivity index (χ3v) is 9.74. The van der Waals surface area contributed by atoms with E-state index in [0.29, 0.717) is 43.4 Å². The number of nitrogens with zero attached hydrogens (tertiary/aromatic N) is 3. The molecule has 2 aliphatic heterocycles. The van der Waals surface area contributed by atoms with Gasteiger partial charge in [0.15, 0.2) is 0 Å². The van der Waals surface area contributed by atoms with Crippen molar-refractivity contribution in [2.24, 2.45) is 5.41 Å². The highest BCUT2D eigenvalue weighted by Crippen LogP contribution is 2.36. The Bertz CT molecular complexity index is 1460. The van der Waals surface area contributed by atoms with E-state index < -0.39 is 22.0 Å². The lowest BCUT2D eigenvalue weighted by Crippen LogP contribution is -2.56. The summed E-state index contributed by atoms with van der Waals surface area (Å²) in [4.78, 5) is 33.0. The molecule has 0 radical (unpaired) electrons. The first kappa shape index (κ1) is 27.5. The first-order valence-electron chi connectivity index (χ1n) is 13.0. The Morgan fingerprint density at radius 3 is 2.59 bits per heavy atom. The van der Waals surface area contributed by atoms with Crippen LogP contribution in [0.5, 0.6) is 0 Å². The van der Waals surface area contributed by atoms with Crippen molar-refractivity contribution in [3.63, 3.8) is 0 Å². The molecule has 1 amide bonds. The van der Waals surface area contributed by atoms with Crippen LogP contribution < -0.4 is 10.0 Å². The van der Waals surface area contributed by atoms with E-state index in [4.69, 9.17) is 5.11 Å². The van der Waals surface area contributed by atoms with Gasteiger partial charge in [-0.25, -0.2) is 13.4 Å². The first-order chi connectivity index (χ1) is 18.5. The predicted octanol–water partition coefficient (Wildman–Crippen LogP) is 2.41. The Labute approximate surface area is 232 Å². The molecule has 2 aromatic carbocycles. The second kappa shape index (κ2) is 10.8. The number of carbonyl (C=O) groups excluding carboxylic acids is 1. The molecule has 12 heteroatoms. The van der Waals surface area contributed by atoms with Crippen LogP contribution in [-0.4, -0.2) is 85.5 Å². The zero-order valence-electron chi connectivity index (χ0n) is 22.0. The van der Waals surface area contributed by atoms with Crippen molar-refractivity contribution < 1.29 is 23.1 Å². The molecule has 3 N–H and O–H groups in total. The van der Waals surface area contributed by atoms with Crippen molar-refractivity contribution >= 4 is 49.1 Å². The Hall–Kier alpha value is -3.06. The highest BCUT2D eigenvalue weighted by atomic mass is 32.2. The van der Waals surface area contributed by atoms with Gasteiger partial charge in [-0.05, 0) is 35.6 Å². The topological polar surface area (TPSA) is 132 Å². The molecule has 5 rings (SSSR count). The number of anilines is 1. The lowest BCUT2D eigenvalue weighted by Gasteiger charge is -2.36. The van der Waals surface area contributed by atoms with E-state index in [-0.39, 0.29) is 29.2 Å². The largest absolute Gasteiger partial charge is 0.480 e. The van der Waals surface area contributed by atoms with Gasteiger partial charge in [0.2, 0.25) is 15.9 Å². The molecule has 1 fully saturated rings. The molecule has 3 heterocycles. The normalized spacial score (nSPS) is 18.4. The fourth-order valence-electron chi connectivity index (χ4n) is 5.20.